The quantitative estimate of drug-likeness (QED) is 0.428. The van der Waals surface area contributed by atoms with Crippen molar-refractivity contribution in [1.82, 2.24) is 0 Å². The van der Waals surface area contributed by atoms with Crippen molar-refractivity contribution in [2.75, 3.05) is 7.11 Å². The third kappa shape index (κ3) is 3.85. The van der Waals surface area contributed by atoms with Crippen LogP contribution in [0.2, 0.25) is 0 Å². The van der Waals surface area contributed by atoms with Gasteiger partial charge in [0.25, 0.3) is 0 Å². The SMILES string of the molecule is COc1ccc(C(=O)[C@@H](C)OC(=O)c2ccccc2I)cc1. The van der Waals surface area contributed by atoms with Crippen LogP contribution in [0.15, 0.2) is 48.5 Å². The highest BCUT2D eigenvalue weighted by molar-refractivity contribution is 14.1. The Labute approximate surface area is 142 Å². The van der Waals surface area contributed by atoms with Crippen LogP contribution in [-0.4, -0.2) is 25.0 Å². The summed E-state index contributed by atoms with van der Waals surface area (Å²) in [6.45, 7) is 1.57. The van der Waals surface area contributed by atoms with E-state index in [-0.39, 0.29) is 5.78 Å². The molecule has 1 atom stereocenters. The number of ketones is 1. The fourth-order valence-corrected chi connectivity index (χ4v) is 2.50. The number of halogens is 1. The first-order chi connectivity index (χ1) is 10.5. The molecule has 0 amide bonds. The molecule has 0 bridgehead atoms. The van der Waals surface area contributed by atoms with Crippen molar-refractivity contribution in [2.45, 2.75) is 13.0 Å². The van der Waals surface area contributed by atoms with E-state index < -0.39 is 12.1 Å². The van der Waals surface area contributed by atoms with Crippen molar-refractivity contribution < 1.29 is 19.1 Å². The molecule has 0 saturated carbocycles. The zero-order chi connectivity index (χ0) is 16.1. The molecule has 4 nitrogen and oxygen atoms in total. The van der Waals surface area contributed by atoms with Gasteiger partial charge in [-0.15, -0.1) is 0 Å². The van der Waals surface area contributed by atoms with Crippen molar-refractivity contribution in [1.29, 1.82) is 0 Å². The summed E-state index contributed by atoms with van der Waals surface area (Å²) in [5, 5.41) is 0. The average Bonchev–Trinajstić information content (AvgIpc) is 2.54. The van der Waals surface area contributed by atoms with Crippen LogP contribution < -0.4 is 4.74 Å². The number of ether oxygens (including phenoxy) is 2. The second-order valence-corrected chi connectivity index (χ2v) is 5.78. The Morgan fingerprint density at radius 1 is 1.05 bits per heavy atom. The van der Waals surface area contributed by atoms with Crippen LogP contribution >= 0.6 is 22.6 Å². The summed E-state index contributed by atoms with van der Waals surface area (Å²) < 4.78 is 11.1. The Balaban J connectivity index is 2.07. The molecule has 0 aliphatic rings. The molecule has 0 radical (unpaired) electrons. The van der Waals surface area contributed by atoms with E-state index >= 15 is 0 Å². The second kappa shape index (κ2) is 7.40. The van der Waals surface area contributed by atoms with Crippen molar-refractivity contribution in [2.24, 2.45) is 0 Å². The van der Waals surface area contributed by atoms with Gasteiger partial charge in [0.1, 0.15) is 5.75 Å². The average molecular weight is 410 g/mol. The summed E-state index contributed by atoms with van der Waals surface area (Å²) in [5.74, 6) is -0.0821. The Hall–Kier alpha value is -1.89. The molecule has 0 aliphatic heterocycles. The van der Waals surface area contributed by atoms with Crippen LogP contribution in [0.4, 0.5) is 0 Å². The highest BCUT2D eigenvalue weighted by atomic mass is 127. The summed E-state index contributed by atoms with van der Waals surface area (Å²) in [5.41, 5.74) is 0.932. The maximum atomic E-state index is 12.3. The predicted octanol–water partition coefficient (Wildman–Crippen LogP) is 3.73. The Kier molecular flexibility index (Phi) is 5.54. The number of carbonyl (C=O) groups excluding carboxylic acids is 2. The summed E-state index contributed by atoms with van der Waals surface area (Å²) in [6.07, 6.45) is -0.850. The maximum Gasteiger partial charge on any atom is 0.339 e. The zero-order valence-corrected chi connectivity index (χ0v) is 14.4. The van der Waals surface area contributed by atoms with E-state index in [1.54, 1.807) is 50.4 Å². The first kappa shape index (κ1) is 16.5. The van der Waals surface area contributed by atoms with Gasteiger partial charge in [0.05, 0.1) is 12.7 Å². The van der Waals surface area contributed by atoms with Crippen molar-refractivity contribution in [3.63, 3.8) is 0 Å². The fourth-order valence-electron chi connectivity index (χ4n) is 1.89. The molecule has 0 N–H and O–H groups in total. The highest BCUT2D eigenvalue weighted by Gasteiger charge is 2.21. The third-order valence-corrected chi connectivity index (χ3v) is 4.06. The standard InChI is InChI=1S/C17H15IO4/c1-11(16(19)12-7-9-13(21-2)10-8-12)22-17(20)14-5-3-4-6-15(14)18/h3-11H,1-2H3/t11-/m1/s1. The smallest absolute Gasteiger partial charge is 0.339 e. The van der Waals surface area contributed by atoms with E-state index in [1.807, 2.05) is 12.1 Å². The minimum Gasteiger partial charge on any atom is -0.497 e. The minimum atomic E-state index is -0.850. The second-order valence-electron chi connectivity index (χ2n) is 4.62. The molecular weight excluding hydrogens is 395 g/mol. The molecule has 5 heteroatoms. The number of hydrogen-bond donors (Lipinski definition) is 0. The molecule has 2 aromatic carbocycles. The van der Waals surface area contributed by atoms with Crippen molar-refractivity contribution >= 4 is 34.3 Å². The van der Waals surface area contributed by atoms with E-state index in [0.717, 1.165) is 3.57 Å². The Morgan fingerprint density at radius 2 is 1.68 bits per heavy atom. The molecule has 0 fully saturated rings. The molecule has 0 saturated heterocycles. The lowest BCUT2D eigenvalue weighted by atomic mass is 10.1. The number of benzene rings is 2. The van der Waals surface area contributed by atoms with Gasteiger partial charge >= 0.3 is 5.97 Å². The van der Waals surface area contributed by atoms with E-state index in [4.69, 9.17) is 9.47 Å². The lowest BCUT2D eigenvalue weighted by molar-refractivity contribution is 0.0317. The van der Waals surface area contributed by atoms with Gasteiger partial charge in [0, 0.05) is 9.13 Å². The molecule has 0 aliphatic carbocycles. The van der Waals surface area contributed by atoms with Gasteiger partial charge in [-0.25, -0.2) is 4.79 Å². The van der Waals surface area contributed by atoms with Crippen LogP contribution in [0, 0.1) is 3.57 Å². The lowest BCUT2D eigenvalue weighted by Crippen LogP contribution is -2.24. The number of Topliss-reactive ketones (excluding diaryl/α,β-unsaturated/α-hetero) is 1. The molecule has 114 valence electrons. The number of hydrogen-bond acceptors (Lipinski definition) is 4. The van der Waals surface area contributed by atoms with E-state index in [9.17, 15) is 9.59 Å². The van der Waals surface area contributed by atoms with Gasteiger partial charge in [-0.05, 0) is 65.9 Å². The van der Waals surface area contributed by atoms with Gasteiger partial charge in [0.15, 0.2) is 6.10 Å². The normalized spacial score (nSPS) is 11.6. The highest BCUT2D eigenvalue weighted by Crippen LogP contribution is 2.16. The summed E-state index contributed by atoms with van der Waals surface area (Å²) in [4.78, 5) is 24.4. The lowest BCUT2D eigenvalue weighted by Gasteiger charge is -2.13. The Bertz CT molecular complexity index is 679. The molecule has 0 spiro atoms. The first-order valence-electron chi connectivity index (χ1n) is 6.66. The molecule has 0 heterocycles. The predicted molar refractivity (Wildman–Crippen MR) is 91.4 cm³/mol. The number of methoxy groups -OCH3 is 1. The Morgan fingerprint density at radius 3 is 2.27 bits per heavy atom. The van der Waals surface area contributed by atoms with Crippen LogP contribution in [0.5, 0.6) is 5.75 Å². The van der Waals surface area contributed by atoms with Crippen LogP contribution in [0.25, 0.3) is 0 Å². The van der Waals surface area contributed by atoms with Crippen LogP contribution in [0.3, 0.4) is 0 Å². The molecule has 0 unspecified atom stereocenters. The van der Waals surface area contributed by atoms with Crippen LogP contribution in [-0.2, 0) is 4.74 Å². The van der Waals surface area contributed by atoms with E-state index in [2.05, 4.69) is 22.6 Å². The molecule has 2 aromatic rings. The molecule has 2 rings (SSSR count). The van der Waals surface area contributed by atoms with Gasteiger partial charge in [0.2, 0.25) is 5.78 Å². The fraction of sp³-hybridized carbons (Fsp3) is 0.176. The summed E-state index contributed by atoms with van der Waals surface area (Å²) >= 11 is 2.06. The van der Waals surface area contributed by atoms with E-state index in [0.29, 0.717) is 16.9 Å². The number of rotatable bonds is 5. The van der Waals surface area contributed by atoms with Crippen molar-refractivity contribution in [3.8, 4) is 5.75 Å². The van der Waals surface area contributed by atoms with Gasteiger partial charge in [-0.2, -0.15) is 0 Å². The van der Waals surface area contributed by atoms with Gasteiger partial charge in [-0.3, -0.25) is 4.79 Å². The van der Waals surface area contributed by atoms with Gasteiger partial charge in [-0.1, -0.05) is 12.1 Å². The first-order valence-corrected chi connectivity index (χ1v) is 7.74. The minimum absolute atomic E-state index is 0.248. The largest absolute Gasteiger partial charge is 0.497 e. The zero-order valence-electron chi connectivity index (χ0n) is 12.2. The molecular formula is C17H15IO4. The van der Waals surface area contributed by atoms with E-state index in [1.165, 1.54) is 0 Å². The summed E-state index contributed by atoms with van der Waals surface area (Å²) in [6, 6.07) is 13.8. The van der Waals surface area contributed by atoms with Crippen LogP contribution in [0.1, 0.15) is 27.6 Å². The number of esters is 1. The number of carbonyl (C=O) groups is 2. The maximum absolute atomic E-state index is 12.3. The third-order valence-electron chi connectivity index (χ3n) is 3.12. The molecule has 22 heavy (non-hydrogen) atoms. The monoisotopic (exact) mass is 410 g/mol. The summed E-state index contributed by atoms with van der Waals surface area (Å²) in [7, 11) is 1.56. The topological polar surface area (TPSA) is 52.6 Å². The molecule has 0 aromatic heterocycles. The van der Waals surface area contributed by atoms with Crippen molar-refractivity contribution in [3.05, 3.63) is 63.2 Å². The van der Waals surface area contributed by atoms with Gasteiger partial charge < -0.3 is 9.47 Å².